The van der Waals surface area contributed by atoms with E-state index >= 15 is 0 Å². The van der Waals surface area contributed by atoms with Crippen molar-refractivity contribution in [2.24, 2.45) is 5.92 Å². The van der Waals surface area contributed by atoms with Gasteiger partial charge in [0.2, 0.25) is 5.91 Å². The predicted molar refractivity (Wildman–Crippen MR) is 104 cm³/mol. The van der Waals surface area contributed by atoms with E-state index in [1.54, 1.807) is 14.0 Å². The maximum atomic E-state index is 12.7. The molecule has 9 heteroatoms. The summed E-state index contributed by atoms with van der Waals surface area (Å²) in [5.74, 6) is 0.348. The van der Waals surface area contributed by atoms with Gasteiger partial charge in [-0.1, -0.05) is 19.3 Å². The van der Waals surface area contributed by atoms with Crippen molar-refractivity contribution >= 4 is 22.6 Å². The summed E-state index contributed by atoms with van der Waals surface area (Å²) in [6.45, 7) is 1.69. The van der Waals surface area contributed by atoms with Gasteiger partial charge in [-0.15, -0.1) is 0 Å². The molecule has 0 atom stereocenters. The molecule has 1 aliphatic rings. The molecule has 28 heavy (non-hydrogen) atoms. The SMILES string of the molecule is Cc1c([N+](=O)[O-])cc2[nH]c(=O)c(=O)[nH]c2c1CN(C)C(=O)CC1CCCCC1. The second-order valence-corrected chi connectivity index (χ2v) is 7.55. The number of hydrogen-bond acceptors (Lipinski definition) is 5. The van der Waals surface area contributed by atoms with Crippen LogP contribution in [-0.2, 0) is 11.3 Å². The van der Waals surface area contributed by atoms with Gasteiger partial charge in [0.05, 0.1) is 16.0 Å². The van der Waals surface area contributed by atoms with Gasteiger partial charge in [-0.05, 0) is 25.7 Å². The number of nitro benzene ring substituents is 1. The largest absolute Gasteiger partial charge is 0.341 e. The third kappa shape index (κ3) is 3.97. The third-order valence-corrected chi connectivity index (χ3v) is 5.59. The highest BCUT2D eigenvalue weighted by molar-refractivity contribution is 5.83. The average Bonchev–Trinajstić information content (AvgIpc) is 2.65. The number of carbonyl (C=O) groups excluding carboxylic acids is 1. The van der Waals surface area contributed by atoms with Crippen LogP contribution in [0.15, 0.2) is 15.7 Å². The van der Waals surface area contributed by atoms with E-state index < -0.39 is 16.0 Å². The summed E-state index contributed by atoms with van der Waals surface area (Å²) in [5, 5.41) is 11.4. The van der Waals surface area contributed by atoms with Crippen molar-refractivity contribution in [2.75, 3.05) is 7.05 Å². The lowest BCUT2D eigenvalue weighted by Crippen LogP contribution is -2.31. The number of aromatic nitrogens is 2. The van der Waals surface area contributed by atoms with Gasteiger partial charge in [-0.25, -0.2) is 0 Å². The Morgan fingerprint density at radius 3 is 2.50 bits per heavy atom. The molecule has 0 aliphatic heterocycles. The maximum absolute atomic E-state index is 12.7. The van der Waals surface area contributed by atoms with Gasteiger partial charge >= 0.3 is 11.1 Å². The van der Waals surface area contributed by atoms with E-state index in [1.807, 2.05) is 0 Å². The Bertz CT molecular complexity index is 1030. The summed E-state index contributed by atoms with van der Waals surface area (Å²) < 4.78 is 0. The van der Waals surface area contributed by atoms with Crippen LogP contribution < -0.4 is 11.1 Å². The third-order valence-electron chi connectivity index (χ3n) is 5.59. The molecule has 0 bridgehead atoms. The molecule has 1 amide bonds. The van der Waals surface area contributed by atoms with Crippen molar-refractivity contribution in [3.05, 3.63) is 48.0 Å². The average molecular weight is 388 g/mol. The normalized spacial score (nSPS) is 14.9. The minimum absolute atomic E-state index is 0.0299. The van der Waals surface area contributed by atoms with Gasteiger partial charge in [-0.3, -0.25) is 24.5 Å². The summed E-state index contributed by atoms with van der Waals surface area (Å²) in [7, 11) is 1.65. The molecule has 1 heterocycles. The Kier molecular flexibility index (Phi) is 5.62. The monoisotopic (exact) mass is 388 g/mol. The number of nitrogens with zero attached hydrogens (tertiary/aromatic N) is 2. The van der Waals surface area contributed by atoms with Crippen LogP contribution in [0.2, 0.25) is 0 Å². The number of H-pyrrole nitrogens is 2. The first kappa shape index (κ1) is 19.8. The smallest absolute Gasteiger partial charge is 0.314 e. The molecule has 0 spiro atoms. The van der Waals surface area contributed by atoms with Crippen molar-refractivity contribution < 1.29 is 9.72 Å². The first-order valence-corrected chi connectivity index (χ1v) is 9.45. The fourth-order valence-electron chi connectivity index (χ4n) is 3.92. The Hall–Kier alpha value is -2.97. The molecule has 9 nitrogen and oxygen atoms in total. The first-order valence-electron chi connectivity index (χ1n) is 9.45. The molecule has 1 aromatic carbocycles. The number of benzene rings is 1. The highest BCUT2D eigenvalue weighted by Gasteiger charge is 2.23. The molecular weight excluding hydrogens is 364 g/mol. The number of carbonyl (C=O) groups is 1. The number of rotatable bonds is 5. The Balaban J connectivity index is 1.96. The van der Waals surface area contributed by atoms with Crippen LogP contribution >= 0.6 is 0 Å². The lowest BCUT2D eigenvalue weighted by molar-refractivity contribution is -0.385. The van der Waals surface area contributed by atoms with E-state index in [-0.39, 0.29) is 23.7 Å². The second kappa shape index (κ2) is 7.95. The van der Waals surface area contributed by atoms with Crippen LogP contribution in [0.4, 0.5) is 5.69 Å². The number of aromatic amines is 2. The molecule has 1 saturated carbocycles. The fourth-order valence-corrected chi connectivity index (χ4v) is 3.92. The number of nitrogens with one attached hydrogen (secondary N) is 2. The molecule has 150 valence electrons. The molecule has 2 aromatic rings. The number of fused-ring (bicyclic) bond motifs is 1. The fraction of sp³-hybridized carbons (Fsp3) is 0.526. The summed E-state index contributed by atoms with van der Waals surface area (Å²) in [5.41, 5.74) is -0.584. The van der Waals surface area contributed by atoms with E-state index in [0.29, 0.717) is 29.0 Å². The Morgan fingerprint density at radius 2 is 1.86 bits per heavy atom. The van der Waals surface area contributed by atoms with E-state index in [2.05, 4.69) is 9.97 Å². The molecule has 0 saturated heterocycles. The predicted octanol–water partition coefficient (Wildman–Crippen LogP) is 2.36. The molecular formula is C19H24N4O5. The van der Waals surface area contributed by atoms with Crippen LogP contribution in [0.25, 0.3) is 11.0 Å². The topological polar surface area (TPSA) is 129 Å². The molecule has 0 radical (unpaired) electrons. The van der Waals surface area contributed by atoms with E-state index in [0.717, 1.165) is 25.7 Å². The molecule has 0 unspecified atom stereocenters. The van der Waals surface area contributed by atoms with Crippen LogP contribution in [0.5, 0.6) is 0 Å². The van der Waals surface area contributed by atoms with Crippen molar-refractivity contribution in [2.45, 2.75) is 52.0 Å². The quantitative estimate of drug-likeness (QED) is 0.461. The minimum atomic E-state index is -0.877. The zero-order valence-corrected chi connectivity index (χ0v) is 16.0. The summed E-state index contributed by atoms with van der Waals surface area (Å²) in [6.07, 6.45) is 6.05. The van der Waals surface area contributed by atoms with Crippen molar-refractivity contribution in [1.29, 1.82) is 0 Å². The van der Waals surface area contributed by atoms with Crippen molar-refractivity contribution in [1.82, 2.24) is 14.9 Å². The standard InChI is InChI=1S/C19H24N4O5/c1-11-13(10-22(2)16(24)8-12-6-4-3-5-7-12)17-14(9-15(11)23(27)28)20-18(25)19(26)21-17/h9,12H,3-8,10H2,1-2H3,(H,20,25)(H,21,26). The minimum Gasteiger partial charge on any atom is -0.341 e. The van der Waals surface area contributed by atoms with Gasteiger partial charge in [0, 0.05) is 37.2 Å². The van der Waals surface area contributed by atoms with E-state index in [4.69, 9.17) is 0 Å². The summed E-state index contributed by atoms with van der Waals surface area (Å²) >= 11 is 0. The second-order valence-electron chi connectivity index (χ2n) is 7.55. The lowest BCUT2D eigenvalue weighted by Gasteiger charge is -2.25. The van der Waals surface area contributed by atoms with E-state index in [1.165, 1.54) is 17.4 Å². The lowest BCUT2D eigenvalue weighted by atomic mass is 9.86. The van der Waals surface area contributed by atoms with Gasteiger partial charge in [0.25, 0.3) is 5.69 Å². The summed E-state index contributed by atoms with van der Waals surface area (Å²) in [4.78, 5) is 53.4. The highest BCUT2D eigenvalue weighted by Crippen LogP contribution is 2.30. The van der Waals surface area contributed by atoms with Crippen molar-refractivity contribution in [3.63, 3.8) is 0 Å². The van der Waals surface area contributed by atoms with Gasteiger partial charge in [0.1, 0.15) is 0 Å². The molecule has 2 N–H and O–H groups in total. The maximum Gasteiger partial charge on any atom is 0.314 e. The zero-order chi connectivity index (χ0) is 20.4. The number of hydrogen-bond donors (Lipinski definition) is 2. The molecule has 3 rings (SSSR count). The van der Waals surface area contributed by atoms with Crippen LogP contribution in [-0.4, -0.2) is 32.7 Å². The molecule has 1 aromatic heterocycles. The highest BCUT2D eigenvalue weighted by atomic mass is 16.6. The molecule has 1 aliphatic carbocycles. The van der Waals surface area contributed by atoms with Crippen LogP contribution in [0.3, 0.4) is 0 Å². The Morgan fingerprint density at radius 1 is 1.21 bits per heavy atom. The van der Waals surface area contributed by atoms with Crippen LogP contribution in [0, 0.1) is 23.0 Å². The van der Waals surface area contributed by atoms with E-state index in [9.17, 15) is 24.5 Å². The first-order chi connectivity index (χ1) is 13.3. The van der Waals surface area contributed by atoms with Gasteiger partial charge in [-0.2, -0.15) is 0 Å². The van der Waals surface area contributed by atoms with Gasteiger partial charge < -0.3 is 14.9 Å². The van der Waals surface area contributed by atoms with Crippen LogP contribution in [0.1, 0.15) is 49.7 Å². The summed E-state index contributed by atoms with van der Waals surface area (Å²) in [6, 6.07) is 1.23. The molecule has 1 fully saturated rings. The van der Waals surface area contributed by atoms with Gasteiger partial charge in [0.15, 0.2) is 0 Å². The zero-order valence-electron chi connectivity index (χ0n) is 16.0. The Labute approximate surface area is 160 Å². The number of amides is 1. The van der Waals surface area contributed by atoms with Crippen molar-refractivity contribution in [3.8, 4) is 0 Å². The number of nitro groups is 1.